The highest BCUT2D eigenvalue weighted by molar-refractivity contribution is 5.72. The predicted octanol–water partition coefficient (Wildman–Crippen LogP) is 2.33. The number of rotatable bonds is 3. The Hall–Kier alpha value is -1.71. The zero-order valence-electron chi connectivity index (χ0n) is 10.6. The predicted molar refractivity (Wildman–Crippen MR) is 64.7 cm³/mol. The topological polar surface area (TPSA) is 66.8 Å². The van der Waals surface area contributed by atoms with Gasteiger partial charge in [-0.1, -0.05) is 26.8 Å². The van der Waals surface area contributed by atoms with E-state index in [4.69, 9.17) is 9.84 Å². The third kappa shape index (κ3) is 3.12. The van der Waals surface area contributed by atoms with Crippen molar-refractivity contribution < 1.29 is 19.7 Å². The number of carboxylic acid groups (broad SMARTS) is 1. The molecule has 0 aliphatic carbocycles. The van der Waals surface area contributed by atoms with Crippen molar-refractivity contribution in [1.29, 1.82) is 0 Å². The first-order valence-corrected chi connectivity index (χ1v) is 5.38. The van der Waals surface area contributed by atoms with Crippen molar-refractivity contribution in [3.05, 3.63) is 23.3 Å². The van der Waals surface area contributed by atoms with E-state index in [0.29, 0.717) is 5.56 Å². The molecule has 4 nitrogen and oxygen atoms in total. The van der Waals surface area contributed by atoms with Crippen LogP contribution in [0.3, 0.4) is 0 Å². The lowest BCUT2D eigenvalue weighted by Crippen LogP contribution is -2.13. The lowest BCUT2D eigenvalue weighted by Gasteiger charge is -2.21. The molecule has 0 unspecified atom stereocenters. The monoisotopic (exact) mass is 238 g/mol. The minimum absolute atomic E-state index is 0.0174. The van der Waals surface area contributed by atoms with Crippen LogP contribution >= 0.6 is 0 Å². The van der Waals surface area contributed by atoms with E-state index in [-0.39, 0.29) is 23.3 Å². The fourth-order valence-electron chi connectivity index (χ4n) is 1.64. The van der Waals surface area contributed by atoms with Crippen molar-refractivity contribution >= 4 is 5.97 Å². The molecule has 4 heteroatoms. The van der Waals surface area contributed by atoms with Gasteiger partial charge in [-0.15, -0.1) is 0 Å². The Morgan fingerprint density at radius 1 is 1.35 bits per heavy atom. The number of phenols is 1. The van der Waals surface area contributed by atoms with Crippen LogP contribution in [0, 0.1) is 0 Å². The van der Waals surface area contributed by atoms with Crippen LogP contribution in [0.15, 0.2) is 12.1 Å². The normalized spacial score (nSPS) is 11.3. The summed E-state index contributed by atoms with van der Waals surface area (Å²) in [4.78, 5) is 10.8. The SMILES string of the molecule is COc1c(O)cc(C(C)(C)C)cc1CC(=O)O. The van der Waals surface area contributed by atoms with E-state index in [0.717, 1.165) is 5.56 Å². The second-order valence-corrected chi connectivity index (χ2v) is 5.01. The molecule has 0 aromatic heterocycles. The smallest absolute Gasteiger partial charge is 0.307 e. The molecule has 0 saturated carbocycles. The fraction of sp³-hybridized carbons (Fsp3) is 0.462. The molecule has 0 radical (unpaired) electrons. The highest BCUT2D eigenvalue weighted by Gasteiger charge is 2.20. The molecule has 0 aliphatic heterocycles. The van der Waals surface area contributed by atoms with Crippen molar-refractivity contribution in [3.8, 4) is 11.5 Å². The Morgan fingerprint density at radius 3 is 2.35 bits per heavy atom. The number of ether oxygens (including phenoxy) is 1. The molecule has 0 aliphatic rings. The van der Waals surface area contributed by atoms with E-state index < -0.39 is 5.97 Å². The maximum atomic E-state index is 10.8. The third-order valence-electron chi connectivity index (χ3n) is 2.56. The molecule has 0 spiro atoms. The van der Waals surface area contributed by atoms with Crippen LogP contribution in [0.5, 0.6) is 11.5 Å². The van der Waals surface area contributed by atoms with Gasteiger partial charge in [0.1, 0.15) is 0 Å². The summed E-state index contributed by atoms with van der Waals surface area (Å²) in [7, 11) is 1.41. The first-order valence-electron chi connectivity index (χ1n) is 5.38. The number of carbonyl (C=O) groups is 1. The van der Waals surface area contributed by atoms with Gasteiger partial charge in [0.15, 0.2) is 11.5 Å². The van der Waals surface area contributed by atoms with Gasteiger partial charge in [0.25, 0.3) is 0 Å². The quantitative estimate of drug-likeness (QED) is 0.848. The molecule has 0 fully saturated rings. The van der Waals surface area contributed by atoms with Crippen LogP contribution < -0.4 is 4.74 Å². The molecule has 0 amide bonds. The van der Waals surface area contributed by atoms with Crippen molar-refractivity contribution in [1.82, 2.24) is 0 Å². The zero-order valence-corrected chi connectivity index (χ0v) is 10.6. The van der Waals surface area contributed by atoms with Gasteiger partial charge in [-0.05, 0) is 17.0 Å². The molecule has 1 rings (SSSR count). The van der Waals surface area contributed by atoms with Gasteiger partial charge in [0.2, 0.25) is 0 Å². The number of aromatic hydroxyl groups is 1. The molecule has 2 N–H and O–H groups in total. The third-order valence-corrected chi connectivity index (χ3v) is 2.56. The van der Waals surface area contributed by atoms with Crippen molar-refractivity contribution in [2.45, 2.75) is 32.6 Å². The zero-order chi connectivity index (χ0) is 13.2. The summed E-state index contributed by atoms with van der Waals surface area (Å²) < 4.78 is 5.03. The van der Waals surface area contributed by atoms with Gasteiger partial charge in [-0.3, -0.25) is 4.79 Å². The first-order chi connectivity index (χ1) is 7.75. The average Bonchev–Trinajstić information content (AvgIpc) is 2.14. The minimum Gasteiger partial charge on any atom is -0.504 e. The van der Waals surface area contributed by atoms with E-state index in [1.165, 1.54) is 7.11 Å². The summed E-state index contributed by atoms with van der Waals surface area (Å²) in [6.45, 7) is 6.00. The van der Waals surface area contributed by atoms with Gasteiger partial charge in [0, 0.05) is 5.56 Å². The van der Waals surface area contributed by atoms with Crippen LogP contribution in [0.4, 0.5) is 0 Å². The lowest BCUT2D eigenvalue weighted by atomic mass is 9.85. The van der Waals surface area contributed by atoms with E-state index >= 15 is 0 Å². The highest BCUT2D eigenvalue weighted by atomic mass is 16.5. The molecule has 1 aromatic carbocycles. The van der Waals surface area contributed by atoms with Crippen molar-refractivity contribution in [2.75, 3.05) is 7.11 Å². The van der Waals surface area contributed by atoms with Crippen molar-refractivity contribution in [3.63, 3.8) is 0 Å². The number of carboxylic acids is 1. The average molecular weight is 238 g/mol. The summed E-state index contributed by atoms with van der Waals surface area (Å²) in [5, 5.41) is 18.7. The number of methoxy groups -OCH3 is 1. The molecular formula is C13H18O4. The Morgan fingerprint density at radius 2 is 1.94 bits per heavy atom. The number of phenolic OH excluding ortho intramolecular Hbond substituents is 1. The second-order valence-electron chi connectivity index (χ2n) is 5.01. The number of hydrogen-bond donors (Lipinski definition) is 2. The maximum Gasteiger partial charge on any atom is 0.307 e. The second kappa shape index (κ2) is 4.65. The van der Waals surface area contributed by atoms with E-state index in [1.54, 1.807) is 12.1 Å². The van der Waals surface area contributed by atoms with Crippen LogP contribution in [-0.4, -0.2) is 23.3 Å². The van der Waals surface area contributed by atoms with Crippen LogP contribution in [0.25, 0.3) is 0 Å². The van der Waals surface area contributed by atoms with Gasteiger partial charge in [-0.25, -0.2) is 0 Å². The summed E-state index contributed by atoms with van der Waals surface area (Å²) in [5.74, 6) is -0.731. The molecular weight excluding hydrogens is 220 g/mol. The summed E-state index contributed by atoms with van der Waals surface area (Å²) in [6.07, 6.45) is -0.166. The molecule has 0 saturated heterocycles. The molecule has 1 aromatic rings. The van der Waals surface area contributed by atoms with Gasteiger partial charge in [0.05, 0.1) is 13.5 Å². The first kappa shape index (κ1) is 13.4. The molecule has 94 valence electrons. The van der Waals surface area contributed by atoms with Crippen LogP contribution in [0.1, 0.15) is 31.9 Å². The Balaban J connectivity index is 3.33. The van der Waals surface area contributed by atoms with Gasteiger partial charge >= 0.3 is 5.97 Å². The van der Waals surface area contributed by atoms with Crippen molar-refractivity contribution in [2.24, 2.45) is 0 Å². The standard InChI is InChI=1S/C13H18O4/c1-13(2,3)9-5-8(6-11(15)16)12(17-4)10(14)7-9/h5,7,14H,6H2,1-4H3,(H,15,16). The Bertz CT molecular complexity index is 430. The van der Waals surface area contributed by atoms with Gasteiger partial charge < -0.3 is 14.9 Å². The number of aliphatic carboxylic acids is 1. The molecule has 17 heavy (non-hydrogen) atoms. The Kier molecular flexibility index (Phi) is 3.66. The minimum atomic E-state index is -0.950. The number of benzene rings is 1. The fourth-order valence-corrected chi connectivity index (χ4v) is 1.64. The molecule has 0 bridgehead atoms. The van der Waals surface area contributed by atoms with Crippen LogP contribution in [0.2, 0.25) is 0 Å². The van der Waals surface area contributed by atoms with E-state index in [1.807, 2.05) is 20.8 Å². The lowest BCUT2D eigenvalue weighted by molar-refractivity contribution is -0.136. The number of hydrogen-bond acceptors (Lipinski definition) is 3. The molecule has 0 heterocycles. The Labute approximate surface area is 101 Å². The maximum absolute atomic E-state index is 10.8. The highest BCUT2D eigenvalue weighted by Crippen LogP contribution is 2.36. The van der Waals surface area contributed by atoms with Crippen LogP contribution in [-0.2, 0) is 16.6 Å². The molecule has 0 atom stereocenters. The van der Waals surface area contributed by atoms with E-state index in [9.17, 15) is 9.90 Å². The van der Waals surface area contributed by atoms with E-state index in [2.05, 4.69) is 0 Å². The largest absolute Gasteiger partial charge is 0.504 e. The van der Waals surface area contributed by atoms with Gasteiger partial charge in [-0.2, -0.15) is 0 Å². The summed E-state index contributed by atoms with van der Waals surface area (Å²) >= 11 is 0. The summed E-state index contributed by atoms with van der Waals surface area (Å²) in [6, 6.07) is 3.39. The summed E-state index contributed by atoms with van der Waals surface area (Å²) in [5.41, 5.74) is 1.22.